The summed E-state index contributed by atoms with van der Waals surface area (Å²) < 4.78 is 36.1. The van der Waals surface area contributed by atoms with Crippen molar-refractivity contribution in [2.24, 2.45) is 50.2 Å². The number of aliphatic hydroxyl groups is 7. The van der Waals surface area contributed by atoms with Crippen LogP contribution in [0.4, 0.5) is 0 Å². The van der Waals surface area contributed by atoms with Gasteiger partial charge in [-0.25, -0.2) is 0 Å². The lowest BCUT2D eigenvalue weighted by atomic mass is 9.33. The Morgan fingerprint density at radius 2 is 1.40 bits per heavy atom. The van der Waals surface area contributed by atoms with Crippen molar-refractivity contribution in [3.63, 3.8) is 0 Å². The highest BCUT2D eigenvalue weighted by Crippen LogP contribution is 2.76. The molecule has 1 amide bonds. The van der Waals surface area contributed by atoms with Crippen LogP contribution in [0.25, 0.3) is 0 Å². The lowest BCUT2D eigenvalue weighted by molar-refractivity contribution is -0.352. The number of ether oxygens (including phenoxy) is 6. The van der Waals surface area contributed by atoms with E-state index in [-0.39, 0.29) is 52.8 Å². The predicted molar refractivity (Wildman–Crippen MR) is 230 cm³/mol. The number of fused-ring (bicyclic) bond motifs is 7. The number of allylic oxidation sites excluding steroid dienone is 2. The van der Waals surface area contributed by atoms with Gasteiger partial charge in [-0.3, -0.25) is 9.59 Å². The van der Waals surface area contributed by atoms with Crippen LogP contribution < -0.4 is 5.32 Å². The summed E-state index contributed by atoms with van der Waals surface area (Å²) in [5.41, 5.74) is 0.127. The monoisotopic (exact) mass is 924 g/mol. The minimum atomic E-state index is -1.70. The Balaban J connectivity index is 0.994. The Kier molecular flexibility index (Phi) is 13.4. The van der Waals surface area contributed by atoms with Crippen LogP contribution >= 0.6 is 0 Å². The van der Waals surface area contributed by atoms with Gasteiger partial charge in [-0.2, -0.15) is 0 Å². The number of aliphatic hydroxyl groups excluding tert-OH is 7. The molecule has 8 aliphatic rings. The Morgan fingerprint density at radius 3 is 2.08 bits per heavy atom. The standard InChI is InChI=1S/C48H77NO16/c1-23(50)49-32-36(56)35(55)28(22-62-41-38(34(54)27(52)21-61-41)65-40-37(57)33(53)26(51)20-60-40)63-39(32)64-31-12-13-45(6)29(44(31,4)5)11-14-47(8)30(45)10-9-24-25-19-43(2,3)15-17-48(25,42(58)59)18-16-46(24,47)7/h9,25-41,51-57H,10-22H2,1-8H3,(H,49,50)(H,58,59). The van der Waals surface area contributed by atoms with Crippen LogP contribution in [-0.4, -0.2) is 159 Å². The molecule has 0 radical (unpaired) electrons. The number of amides is 1. The summed E-state index contributed by atoms with van der Waals surface area (Å²) in [6, 6.07) is -1.14. The smallest absolute Gasteiger partial charge is 0.310 e. The highest BCUT2D eigenvalue weighted by molar-refractivity contribution is 5.76. The maximum absolute atomic E-state index is 13.1. The average molecular weight is 924 g/mol. The van der Waals surface area contributed by atoms with E-state index in [2.05, 4.69) is 59.9 Å². The first kappa shape index (κ1) is 49.6. The first-order valence-electron chi connectivity index (χ1n) is 24.1. The van der Waals surface area contributed by atoms with Gasteiger partial charge in [-0.05, 0) is 109 Å². The molecule has 65 heavy (non-hydrogen) atoms. The van der Waals surface area contributed by atoms with Gasteiger partial charge >= 0.3 is 5.97 Å². The van der Waals surface area contributed by atoms with Crippen molar-refractivity contribution in [2.75, 3.05) is 19.8 Å². The van der Waals surface area contributed by atoms with Crippen molar-refractivity contribution in [2.45, 2.75) is 206 Å². The van der Waals surface area contributed by atoms with E-state index in [0.717, 1.165) is 51.4 Å². The van der Waals surface area contributed by atoms with Gasteiger partial charge in [0.15, 0.2) is 18.9 Å². The number of carboxylic acid groups (broad SMARTS) is 1. The fraction of sp³-hybridized carbons (Fsp3) is 0.917. The van der Waals surface area contributed by atoms with E-state index in [1.54, 1.807) is 0 Å². The van der Waals surface area contributed by atoms with Crippen LogP contribution in [0.2, 0.25) is 0 Å². The fourth-order valence-corrected chi connectivity index (χ4v) is 14.9. The van der Waals surface area contributed by atoms with Gasteiger partial charge in [0, 0.05) is 6.92 Å². The molecular formula is C48H77NO16. The van der Waals surface area contributed by atoms with E-state index in [0.29, 0.717) is 18.8 Å². The number of rotatable bonds is 9. The number of carbonyl (C=O) groups excluding carboxylic acids is 1. The van der Waals surface area contributed by atoms with Crippen molar-refractivity contribution in [1.82, 2.24) is 5.32 Å². The number of carbonyl (C=O) groups is 2. The lowest BCUT2D eigenvalue weighted by Gasteiger charge is -2.71. The molecule has 8 rings (SSSR count). The van der Waals surface area contributed by atoms with Crippen LogP contribution in [0.15, 0.2) is 11.6 Å². The molecule has 0 aromatic rings. The summed E-state index contributed by atoms with van der Waals surface area (Å²) >= 11 is 0. The van der Waals surface area contributed by atoms with E-state index in [1.165, 1.54) is 12.5 Å². The zero-order valence-corrected chi connectivity index (χ0v) is 39.4. The molecule has 0 aromatic carbocycles. The first-order valence-corrected chi connectivity index (χ1v) is 24.1. The first-order chi connectivity index (χ1) is 30.3. The topological polar surface area (TPSA) is 263 Å². The van der Waals surface area contributed by atoms with E-state index in [9.17, 15) is 50.4 Å². The highest BCUT2D eigenvalue weighted by atomic mass is 16.8. The summed E-state index contributed by atoms with van der Waals surface area (Å²) in [7, 11) is 0. The second-order valence-corrected chi connectivity index (χ2v) is 23.4. The van der Waals surface area contributed by atoms with Crippen LogP contribution in [0.1, 0.15) is 120 Å². The second kappa shape index (κ2) is 17.5. The maximum atomic E-state index is 13.1. The molecule has 0 bridgehead atoms. The molecule has 5 aliphatic carbocycles. The summed E-state index contributed by atoms with van der Waals surface area (Å²) in [5, 5.41) is 88.4. The summed E-state index contributed by atoms with van der Waals surface area (Å²) in [5.74, 6) is -0.478. The third-order valence-electron chi connectivity index (χ3n) is 19.0. The van der Waals surface area contributed by atoms with E-state index in [4.69, 9.17) is 28.4 Å². The van der Waals surface area contributed by atoms with Gasteiger partial charge in [-0.1, -0.05) is 60.1 Å². The quantitative estimate of drug-likeness (QED) is 0.119. The van der Waals surface area contributed by atoms with Crippen molar-refractivity contribution >= 4 is 11.9 Å². The zero-order chi connectivity index (χ0) is 47.4. The third kappa shape index (κ3) is 8.15. The Hall–Kier alpha value is -1.84. The number of aliphatic carboxylic acids is 1. The van der Waals surface area contributed by atoms with Crippen molar-refractivity contribution in [3.8, 4) is 0 Å². The molecule has 21 atom stereocenters. The molecule has 9 N–H and O–H groups in total. The van der Waals surface area contributed by atoms with Gasteiger partial charge < -0.3 is 74.6 Å². The minimum absolute atomic E-state index is 0.0296. The predicted octanol–water partition coefficient (Wildman–Crippen LogP) is 2.13. The van der Waals surface area contributed by atoms with Gasteiger partial charge in [-0.15, -0.1) is 0 Å². The van der Waals surface area contributed by atoms with E-state index < -0.39 is 109 Å². The van der Waals surface area contributed by atoms with Gasteiger partial charge in [0.25, 0.3) is 0 Å². The molecule has 3 aliphatic heterocycles. The molecule has 3 saturated heterocycles. The van der Waals surface area contributed by atoms with Crippen molar-refractivity contribution in [3.05, 3.63) is 11.6 Å². The second-order valence-electron chi connectivity index (χ2n) is 23.4. The Morgan fingerprint density at radius 1 is 0.738 bits per heavy atom. The largest absolute Gasteiger partial charge is 0.481 e. The third-order valence-corrected chi connectivity index (χ3v) is 19.0. The minimum Gasteiger partial charge on any atom is -0.481 e. The zero-order valence-electron chi connectivity index (χ0n) is 39.4. The van der Waals surface area contributed by atoms with E-state index in [1.807, 2.05) is 0 Å². The molecule has 4 saturated carbocycles. The van der Waals surface area contributed by atoms with Crippen LogP contribution in [0.3, 0.4) is 0 Å². The molecule has 17 nitrogen and oxygen atoms in total. The SMILES string of the molecule is CC(=O)NC1C(OC2CCC3(C)C(CCC4(C)C3CC=C3C5CC(C)(C)CCC5(C(=O)O)CCC34C)C2(C)C)OC(COC2OCC(O)C(O)C2OC2OCC(O)C(O)C2O)C(O)C1O. The summed E-state index contributed by atoms with van der Waals surface area (Å²) in [4.78, 5) is 25.7. The fourth-order valence-electron chi connectivity index (χ4n) is 14.9. The molecule has 0 spiro atoms. The van der Waals surface area contributed by atoms with Gasteiger partial charge in [0.05, 0.1) is 31.3 Å². The Labute approximate surface area is 382 Å². The number of nitrogens with one attached hydrogen (secondary N) is 1. The molecule has 370 valence electrons. The molecule has 7 fully saturated rings. The summed E-state index contributed by atoms with van der Waals surface area (Å²) in [6.45, 7) is 16.6. The number of hydrogen-bond acceptors (Lipinski definition) is 15. The molecule has 0 aromatic heterocycles. The molecule has 21 unspecified atom stereocenters. The number of hydrogen-bond donors (Lipinski definition) is 9. The normalized spacial score (nSPS) is 51.6. The van der Waals surface area contributed by atoms with Crippen molar-refractivity contribution in [1.29, 1.82) is 0 Å². The molecule has 3 heterocycles. The van der Waals surface area contributed by atoms with Crippen LogP contribution in [0.5, 0.6) is 0 Å². The van der Waals surface area contributed by atoms with Crippen LogP contribution in [-0.2, 0) is 38.0 Å². The van der Waals surface area contributed by atoms with Gasteiger partial charge in [0.2, 0.25) is 5.91 Å². The average Bonchev–Trinajstić information content (AvgIpc) is 3.23. The van der Waals surface area contributed by atoms with Gasteiger partial charge in [0.1, 0.15) is 61.0 Å². The molecular weight excluding hydrogens is 847 g/mol. The Bertz CT molecular complexity index is 1810. The number of carboxylic acids is 1. The van der Waals surface area contributed by atoms with E-state index >= 15 is 0 Å². The highest BCUT2D eigenvalue weighted by Gasteiger charge is 2.70. The van der Waals surface area contributed by atoms with Crippen LogP contribution in [0, 0.1) is 50.2 Å². The lowest BCUT2D eigenvalue weighted by Crippen LogP contribution is -2.67. The van der Waals surface area contributed by atoms with Crippen molar-refractivity contribution < 1.29 is 78.9 Å². The summed E-state index contributed by atoms with van der Waals surface area (Å²) in [6.07, 6.45) is -7.06. The maximum Gasteiger partial charge on any atom is 0.310 e. The molecule has 17 heteroatoms.